The lowest BCUT2D eigenvalue weighted by Crippen LogP contribution is -2.31. The van der Waals surface area contributed by atoms with Crippen molar-refractivity contribution >= 4 is 17.0 Å². The molecule has 1 unspecified atom stereocenters. The van der Waals surface area contributed by atoms with Crippen molar-refractivity contribution in [2.75, 3.05) is 26.4 Å². The first-order valence-corrected chi connectivity index (χ1v) is 7.17. The lowest BCUT2D eigenvalue weighted by atomic mass is 10.2. The van der Waals surface area contributed by atoms with Gasteiger partial charge in [-0.1, -0.05) is 6.92 Å². The Morgan fingerprint density at radius 3 is 2.81 bits per heavy atom. The number of nitrogens with zero attached hydrogens (tertiary/aromatic N) is 3. The minimum Gasteiger partial charge on any atom is -0.494 e. The molecule has 0 bridgehead atoms. The number of imidazole rings is 1. The highest BCUT2D eigenvalue weighted by Gasteiger charge is 2.14. The standard InChI is InChI=1S/C15H23FN4O/c1-5-10(2)19(3)6-7-20-13-9-14(21-4)11(16)8-12(13)18-15(20)17/h8-10H,5-7H2,1-4H3,(H2,17,18). The molecule has 1 aromatic heterocycles. The van der Waals surface area contributed by atoms with Gasteiger partial charge in [-0.25, -0.2) is 9.37 Å². The van der Waals surface area contributed by atoms with Crippen LogP contribution >= 0.6 is 0 Å². The van der Waals surface area contributed by atoms with Crippen LogP contribution in [0.3, 0.4) is 0 Å². The number of anilines is 1. The molecule has 2 aromatic rings. The van der Waals surface area contributed by atoms with E-state index in [1.807, 2.05) is 4.57 Å². The van der Waals surface area contributed by atoms with Crippen molar-refractivity contribution in [3.63, 3.8) is 0 Å². The maximum absolute atomic E-state index is 13.7. The van der Waals surface area contributed by atoms with Crippen molar-refractivity contribution < 1.29 is 9.13 Å². The van der Waals surface area contributed by atoms with E-state index in [9.17, 15) is 4.39 Å². The van der Waals surface area contributed by atoms with Gasteiger partial charge in [0.2, 0.25) is 5.95 Å². The minimum absolute atomic E-state index is 0.207. The van der Waals surface area contributed by atoms with E-state index >= 15 is 0 Å². The summed E-state index contributed by atoms with van der Waals surface area (Å²) in [5, 5.41) is 0. The lowest BCUT2D eigenvalue weighted by molar-refractivity contribution is 0.244. The van der Waals surface area contributed by atoms with E-state index in [1.165, 1.54) is 13.2 Å². The lowest BCUT2D eigenvalue weighted by Gasteiger charge is -2.23. The molecule has 1 aromatic carbocycles. The van der Waals surface area contributed by atoms with Gasteiger partial charge in [-0.05, 0) is 20.4 Å². The number of nitrogens with two attached hydrogens (primary N) is 1. The van der Waals surface area contributed by atoms with Crippen LogP contribution in [0.15, 0.2) is 12.1 Å². The van der Waals surface area contributed by atoms with Crippen molar-refractivity contribution in [3.05, 3.63) is 17.9 Å². The summed E-state index contributed by atoms with van der Waals surface area (Å²) in [7, 11) is 3.54. The molecular weight excluding hydrogens is 271 g/mol. The molecule has 0 radical (unpaired) electrons. The molecule has 2 N–H and O–H groups in total. The minimum atomic E-state index is -0.425. The van der Waals surface area contributed by atoms with E-state index in [4.69, 9.17) is 10.5 Å². The van der Waals surface area contributed by atoms with Crippen LogP contribution in [0.4, 0.5) is 10.3 Å². The molecule has 2 rings (SSSR count). The summed E-state index contributed by atoms with van der Waals surface area (Å²) >= 11 is 0. The van der Waals surface area contributed by atoms with Gasteiger partial charge in [0.15, 0.2) is 11.6 Å². The quantitative estimate of drug-likeness (QED) is 0.889. The topological polar surface area (TPSA) is 56.3 Å². The summed E-state index contributed by atoms with van der Waals surface area (Å²) in [6.07, 6.45) is 1.09. The van der Waals surface area contributed by atoms with Gasteiger partial charge in [-0.15, -0.1) is 0 Å². The van der Waals surface area contributed by atoms with E-state index in [0.717, 1.165) is 18.5 Å². The van der Waals surface area contributed by atoms with E-state index < -0.39 is 5.82 Å². The highest BCUT2D eigenvalue weighted by Crippen LogP contribution is 2.26. The maximum atomic E-state index is 13.7. The molecule has 0 saturated heterocycles. The van der Waals surface area contributed by atoms with Crippen LogP contribution in [0, 0.1) is 5.82 Å². The van der Waals surface area contributed by atoms with Crippen molar-refractivity contribution in [1.29, 1.82) is 0 Å². The largest absolute Gasteiger partial charge is 0.494 e. The van der Waals surface area contributed by atoms with E-state index in [0.29, 0.717) is 24.1 Å². The highest BCUT2D eigenvalue weighted by atomic mass is 19.1. The Morgan fingerprint density at radius 2 is 2.19 bits per heavy atom. The average Bonchev–Trinajstić information content (AvgIpc) is 2.77. The molecule has 0 spiro atoms. The molecule has 1 heterocycles. The number of benzene rings is 1. The third kappa shape index (κ3) is 3.10. The number of likely N-dealkylation sites (N-methyl/N-ethyl adjacent to an activating group) is 1. The van der Waals surface area contributed by atoms with Crippen molar-refractivity contribution in [2.24, 2.45) is 0 Å². The molecule has 1 atom stereocenters. The first-order valence-electron chi connectivity index (χ1n) is 7.17. The molecule has 21 heavy (non-hydrogen) atoms. The number of rotatable bonds is 6. The van der Waals surface area contributed by atoms with E-state index in [2.05, 4.69) is 30.8 Å². The number of fused-ring (bicyclic) bond motifs is 1. The molecule has 0 aliphatic rings. The molecule has 0 aliphatic carbocycles. The Labute approximate surface area is 124 Å². The zero-order chi connectivity index (χ0) is 15.6. The first kappa shape index (κ1) is 15.6. The fourth-order valence-corrected chi connectivity index (χ4v) is 2.33. The maximum Gasteiger partial charge on any atom is 0.201 e. The zero-order valence-corrected chi connectivity index (χ0v) is 13.1. The van der Waals surface area contributed by atoms with E-state index in [1.54, 1.807) is 6.07 Å². The fraction of sp³-hybridized carbons (Fsp3) is 0.533. The van der Waals surface area contributed by atoms with Crippen LogP contribution < -0.4 is 10.5 Å². The van der Waals surface area contributed by atoms with Gasteiger partial charge in [0, 0.05) is 31.3 Å². The van der Waals surface area contributed by atoms with Gasteiger partial charge < -0.3 is 19.9 Å². The Morgan fingerprint density at radius 1 is 1.48 bits per heavy atom. The summed E-state index contributed by atoms with van der Waals surface area (Å²) in [4.78, 5) is 6.49. The number of halogens is 1. The van der Waals surface area contributed by atoms with Crippen LogP contribution in [-0.2, 0) is 6.54 Å². The van der Waals surface area contributed by atoms with Crippen LogP contribution in [0.1, 0.15) is 20.3 Å². The summed E-state index contributed by atoms with van der Waals surface area (Å²) in [6, 6.07) is 3.52. The molecular formula is C15H23FN4O. The second kappa shape index (κ2) is 6.30. The molecule has 0 saturated carbocycles. The van der Waals surface area contributed by atoms with E-state index in [-0.39, 0.29) is 5.75 Å². The zero-order valence-electron chi connectivity index (χ0n) is 13.1. The number of methoxy groups -OCH3 is 1. The monoisotopic (exact) mass is 294 g/mol. The van der Waals surface area contributed by atoms with Crippen LogP contribution in [0.2, 0.25) is 0 Å². The Kier molecular flexibility index (Phi) is 4.67. The van der Waals surface area contributed by atoms with Gasteiger partial charge in [0.05, 0.1) is 18.1 Å². The van der Waals surface area contributed by atoms with Crippen LogP contribution in [0.5, 0.6) is 5.75 Å². The fourth-order valence-electron chi connectivity index (χ4n) is 2.33. The molecule has 0 fully saturated rings. The summed E-state index contributed by atoms with van der Waals surface area (Å²) < 4.78 is 20.6. The number of nitrogen functional groups attached to an aromatic ring is 1. The molecule has 6 heteroatoms. The van der Waals surface area contributed by atoms with Crippen LogP contribution in [-0.4, -0.2) is 41.2 Å². The second-order valence-electron chi connectivity index (χ2n) is 5.33. The SMILES string of the molecule is CCC(C)N(C)CCn1c(N)nc2cc(F)c(OC)cc21. The summed E-state index contributed by atoms with van der Waals surface area (Å²) in [6.45, 7) is 5.91. The predicted molar refractivity (Wildman–Crippen MR) is 83.0 cm³/mol. The Bertz CT molecular complexity index is 626. The molecule has 116 valence electrons. The molecule has 0 aliphatic heterocycles. The van der Waals surface area contributed by atoms with Gasteiger partial charge in [0.25, 0.3) is 0 Å². The highest BCUT2D eigenvalue weighted by molar-refractivity contribution is 5.80. The van der Waals surface area contributed by atoms with Gasteiger partial charge >= 0.3 is 0 Å². The van der Waals surface area contributed by atoms with Crippen molar-refractivity contribution in [2.45, 2.75) is 32.9 Å². The number of aromatic nitrogens is 2. The number of hydrogen-bond donors (Lipinski definition) is 1. The average molecular weight is 294 g/mol. The number of hydrogen-bond acceptors (Lipinski definition) is 4. The normalized spacial score (nSPS) is 13.0. The molecule has 0 amide bonds. The van der Waals surface area contributed by atoms with Crippen molar-refractivity contribution in [1.82, 2.24) is 14.5 Å². The third-order valence-corrected chi connectivity index (χ3v) is 4.07. The van der Waals surface area contributed by atoms with Gasteiger partial charge in [-0.2, -0.15) is 0 Å². The first-order chi connectivity index (χ1) is 9.97. The van der Waals surface area contributed by atoms with Gasteiger partial charge in [0.1, 0.15) is 0 Å². The Balaban J connectivity index is 2.29. The summed E-state index contributed by atoms with van der Waals surface area (Å²) in [5.74, 6) is 0.181. The van der Waals surface area contributed by atoms with Gasteiger partial charge in [-0.3, -0.25) is 0 Å². The number of ether oxygens (including phenoxy) is 1. The summed E-state index contributed by atoms with van der Waals surface area (Å²) in [5.41, 5.74) is 7.31. The van der Waals surface area contributed by atoms with Crippen LogP contribution in [0.25, 0.3) is 11.0 Å². The Hall–Kier alpha value is -1.82. The second-order valence-corrected chi connectivity index (χ2v) is 5.33. The predicted octanol–water partition coefficient (Wildman–Crippen LogP) is 2.50. The molecule has 5 nitrogen and oxygen atoms in total. The van der Waals surface area contributed by atoms with Crippen molar-refractivity contribution in [3.8, 4) is 5.75 Å². The third-order valence-electron chi connectivity index (χ3n) is 4.07. The smallest absolute Gasteiger partial charge is 0.201 e.